The molecule has 0 spiro atoms. The van der Waals surface area contributed by atoms with Gasteiger partial charge in [0.1, 0.15) is 17.5 Å². The molecule has 3 unspecified atom stereocenters. The average molecular weight is 456 g/mol. The zero-order valence-electron chi connectivity index (χ0n) is 19.6. The van der Waals surface area contributed by atoms with Crippen LogP contribution < -0.4 is 20.7 Å². The van der Waals surface area contributed by atoms with Gasteiger partial charge in [-0.1, -0.05) is 19.9 Å². The average Bonchev–Trinajstić information content (AvgIpc) is 3.39. The topological polar surface area (TPSA) is 125 Å². The van der Waals surface area contributed by atoms with Gasteiger partial charge in [-0.2, -0.15) is 0 Å². The summed E-state index contributed by atoms with van der Waals surface area (Å²) in [6.45, 7) is 4.64. The molecule has 1 saturated heterocycles. The molecule has 9 nitrogen and oxygen atoms in total. The number of ether oxygens (including phenoxy) is 1. The van der Waals surface area contributed by atoms with Crippen LogP contribution in [0, 0.1) is 11.8 Å². The van der Waals surface area contributed by atoms with E-state index in [-0.39, 0.29) is 35.6 Å². The number of aliphatic imine (C=N–C) groups is 1. The molecule has 0 aliphatic carbocycles. The molecule has 0 saturated carbocycles. The van der Waals surface area contributed by atoms with Gasteiger partial charge in [-0.05, 0) is 43.4 Å². The van der Waals surface area contributed by atoms with Gasteiger partial charge in [0.2, 0.25) is 11.8 Å². The number of H-pyrrole nitrogens is 1. The highest BCUT2D eigenvalue weighted by atomic mass is 16.5. The van der Waals surface area contributed by atoms with Crippen LogP contribution in [-0.4, -0.2) is 61.7 Å². The van der Waals surface area contributed by atoms with Crippen molar-refractivity contribution in [1.82, 2.24) is 20.9 Å². The van der Waals surface area contributed by atoms with Crippen LogP contribution >= 0.6 is 0 Å². The van der Waals surface area contributed by atoms with Gasteiger partial charge in [0.05, 0.1) is 13.2 Å². The molecular formula is C24H33N5O4. The van der Waals surface area contributed by atoms with Gasteiger partial charge >= 0.3 is 0 Å². The van der Waals surface area contributed by atoms with E-state index < -0.39 is 6.04 Å². The number of benzene rings is 1. The van der Waals surface area contributed by atoms with Crippen molar-refractivity contribution >= 4 is 34.8 Å². The Bertz CT molecular complexity index is 1030. The molecule has 9 heteroatoms. The van der Waals surface area contributed by atoms with Crippen LogP contribution in [0.2, 0.25) is 0 Å². The van der Waals surface area contributed by atoms with Crippen molar-refractivity contribution in [1.29, 1.82) is 0 Å². The maximum Gasteiger partial charge on any atom is 0.268 e. The zero-order chi connectivity index (χ0) is 24.0. The number of fused-ring (bicyclic) bond motifs is 1. The Kier molecular flexibility index (Phi) is 8.08. The molecule has 1 aliphatic rings. The summed E-state index contributed by atoms with van der Waals surface area (Å²) in [5.74, 6) is 0.0199. The Morgan fingerprint density at radius 2 is 2.09 bits per heavy atom. The second-order valence-corrected chi connectivity index (χ2v) is 8.79. The number of nitrogens with zero attached hydrogens (tertiary/aromatic N) is 1. The second-order valence-electron chi connectivity index (χ2n) is 8.79. The summed E-state index contributed by atoms with van der Waals surface area (Å²) in [5, 5.41) is 9.44. The molecule has 0 radical (unpaired) electrons. The number of hydrogen-bond acceptors (Lipinski definition) is 5. The first-order chi connectivity index (χ1) is 15.8. The Hall–Kier alpha value is -3.36. The molecule has 1 aromatic heterocycles. The van der Waals surface area contributed by atoms with Crippen molar-refractivity contribution in [2.45, 2.75) is 45.2 Å². The molecule has 2 heterocycles. The first kappa shape index (κ1) is 24.3. The van der Waals surface area contributed by atoms with Crippen molar-refractivity contribution < 1.29 is 19.1 Å². The molecule has 178 valence electrons. The number of aromatic nitrogens is 1. The maximum atomic E-state index is 13.1. The Morgan fingerprint density at radius 3 is 2.73 bits per heavy atom. The van der Waals surface area contributed by atoms with Gasteiger partial charge in [0, 0.05) is 36.6 Å². The zero-order valence-corrected chi connectivity index (χ0v) is 19.6. The van der Waals surface area contributed by atoms with Gasteiger partial charge in [0.15, 0.2) is 0 Å². The number of rotatable bonds is 10. The predicted octanol–water partition coefficient (Wildman–Crippen LogP) is 2.03. The number of nitrogens with one attached hydrogen (secondary N) is 4. The molecule has 3 amide bonds. The summed E-state index contributed by atoms with van der Waals surface area (Å²) in [5.41, 5.74) is 1.13. The molecule has 0 bridgehead atoms. The summed E-state index contributed by atoms with van der Waals surface area (Å²) < 4.78 is 5.36. The quantitative estimate of drug-likeness (QED) is 0.409. The SMILES string of the molecule is C/N=C\C(CC1CCNC1=O)NC(=O)C(CC(C)C)NC(=O)c1cc2c(OC)cccc2[nH]1. The molecule has 2 aromatic rings. The van der Waals surface area contributed by atoms with Gasteiger partial charge < -0.3 is 25.7 Å². The summed E-state index contributed by atoms with van der Waals surface area (Å²) in [7, 11) is 3.21. The molecule has 33 heavy (non-hydrogen) atoms. The Labute approximate surface area is 193 Å². The van der Waals surface area contributed by atoms with Gasteiger partial charge in [-0.15, -0.1) is 0 Å². The van der Waals surface area contributed by atoms with Crippen LogP contribution in [0.5, 0.6) is 5.75 Å². The first-order valence-corrected chi connectivity index (χ1v) is 11.3. The normalized spacial score (nSPS) is 17.8. The fraction of sp³-hybridized carbons (Fsp3) is 0.500. The minimum Gasteiger partial charge on any atom is -0.496 e. The Balaban J connectivity index is 1.73. The van der Waals surface area contributed by atoms with E-state index in [1.54, 1.807) is 26.4 Å². The molecule has 1 fully saturated rings. The van der Waals surface area contributed by atoms with Crippen LogP contribution in [0.25, 0.3) is 10.9 Å². The van der Waals surface area contributed by atoms with Crippen molar-refractivity contribution in [2.75, 3.05) is 20.7 Å². The third-order valence-corrected chi connectivity index (χ3v) is 5.78. The minimum atomic E-state index is -0.726. The maximum absolute atomic E-state index is 13.1. The number of carbonyl (C=O) groups is 3. The molecule has 4 N–H and O–H groups in total. The molecule has 3 atom stereocenters. The molecular weight excluding hydrogens is 422 g/mol. The van der Waals surface area contributed by atoms with E-state index in [1.807, 2.05) is 32.0 Å². The smallest absolute Gasteiger partial charge is 0.268 e. The first-order valence-electron chi connectivity index (χ1n) is 11.3. The van der Waals surface area contributed by atoms with Crippen molar-refractivity contribution in [3.05, 3.63) is 30.0 Å². The van der Waals surface area contributed by atoms with Gasteiger partial charge in [0.25, 0.3) is 5.91 Å². The monoisotopic (exact) mass is 455 g/mol. The fourth-order valence-corrected chi connectivity index (χ4v) is 4.16. The lowest BCUT2D eigenvalue weighted by Gasteiger charge is -2.23. The molecule has 1 aliphatic heterocycles. The van der Waals surface area contributed by atoms with Crippen LogP contribution in [0.4, 0.5) is 0 Å². The van der Waals surface area contributed by atoms with E-state index in [0.29, 0.717) is 30.8 Å². The largest absolute Gasteiger partial charge is 0.496 e. The van der Waals surface area contributed by atoms with E-state index in [9.17, 15) is 14.4 Å². The number of hydrogen-bond donors (Lipinski definition) is 4. The van der Waals surface area contributed by atoms with Crippen LogP contribution in [-0.2, 0) is 9.59 Å². The lowest BCUT2D eigenvalue weighted by molar-refractivity contribution is -0.125. The standard InChI is InChI=1S/C24H33N5O4/c1-14(2)10-19(23(31)27-16(13-25-3)11-15-8-9-26-22(15)30)29-24(32)20-12-17-18(28-20)6-5-7-21(17)33-4/h5-7,12-16,19,28H,8-11H2,1-4H3,(H,26,30)(H,27,31)(H,29,32)/b25-13-. The van der Waals surface area contributed by atoms with Crippen molar-refractivity contribution in [3.63, 3.8) is 0 Å². The van der Waals surface area contributed by atoms with Crippen LogP contribution in [0.1, 0.15) is 43.6 Å². The number of amides is 3. The van der Waals surface area contributed by atoms with Crippen LogP contribution in [0.3, 0.4) is 0 Å². The van der Waals surface area contributed by atoms with Gasteiger partial charge in [-0.3, -0.25) is 19.4 Å². The highest BCUT2D eigenvalue weighted by molar-refractivity contribution is 6.01. The van der Waals surface area contributed by atoms with E-state index in [2.05, 4.69) is 25.9 Å². The summed E-state index contributed by atoms with van der Waals surface area (Å²) in [4.78, 5) is 45.2. The van der Waals surface area contributed by atoms with E-state index in [0.717, 1.165) is 17.3 Å². The second kappa shape index (κ2) is 11.0. The van der Waals surface area contributed by atoms with Crippen molar-refractivity contribution in [2.24, 2.45) is 16.8 Å². The minimum absolute atomic E-state index is 0.0000227. The summed E-state index contributed by atoms with van der Waals surface area (Å²) in [6, 6.07) is 6.14. The van der Waals surface area contributed by atoms with Gasteiger partial charge in [-0.25, -0.2) is 0 Å². The number of aromatic amines is 1. The summed E-state index contributed by atoms with van der Waals surface area (Å²) in [6.07, 6.45) is 3.32. The highest BCUT2D eigenvalue weighted by Crippen LogP contribution is 2.26. The van der Waals surface area contributed by atoms with E-state index >= 15 is 0 Å². The lowest BCUT2D eigenvalue weighted by Crippen LogP contribution is -2.51. The van der Waals surface area contributed by atoms with E-state index in [1.165, 1.54) is 0 Å². The lowest BCUT2D eigenvalue weighted by atomic mass is 9.97. The van der Waals surface area contributed by atoms with E-state index in [4.69, 9.17) is 4.74 Å². The number of carbonyl (C=O) groups excluding carboxylic acids is 3. The molecule has 3 rings (SSSR count). The predicted molar refractivity (Wildman–Crippen MR) is 128 cm³/mol. The fourth-order valence-electron chi connectivity index (χ4n) is 4.16. The van der Waals surface area contributed by atoms with Crippen LogP contribution in [0.15, 0.2) is 29.3 Å². The Morgan fingerprint density at radius 1 is 1.30 bits per heavy atom. The third-order valence-electron chi connectivity index (χ3n) is 5.78. The van der Waals surface area contributed by atoms with Crippen molar-refractivity contribution in [3.8, 4) is 5.75 Å². The molecule has 1 aromatic carbocycles. The third kappa shape index (κ3) is 6.12. The summed E-state index contributed by atoms with van der Waals surface area (Å²) >= 11 is 0. The number of methoxy groups -OCH3 is 1. The highest BCUT2D eigenvalue weighted by Gasteiger charge is 2.30.